The standard InChI is InChI=1S/C45H27N3O2/c1-3-12-28(13-4-1)43-46-44(29-14-5-2-6-15-29)48-45(47-43)36-19-11-18-32(30-23-25-40-37(26-30)34-17-8-10-21-39(34)49-40)42(36)31-22-24-35-33-16-7-9-20-38(33)50-41(35)27-31/h1-27H. The van der Waals surface area contributed by atoms with Crippen molar-refractivity contribution in [3.05, 3.63) is 164 Å². The molecule has 10 aromatic rings. The second-order valence-corrected chi connectivity index (χ2v) is 12.4. The van der Waals surface area contributed by atoms with Crippen molar-refractivity contribution in [1.29, 1.82) is 0 Å². The number of hydrogen-bond acceptors (Lipinski definition) is 5. The molecule has 0 radical (unpaired) electrons. The van der Waals surface area contributed by atoms with Gasteiger partial charge >= 0.3 is 0 Å². The van der Waals surface area contributed by atoms with E-state index in [0.717, 1.165) is 82.8 Å². The molecule has 10 rings (SSSR count). The molecule has 50 heavy (non-hydrogen) atoms. The number of fused-ring (bicyclic) bond motifs is 6. The molecule has 0 bridgehead atoms. The predicted octanol–water partition coefficient (Wildman–Crippen LogP) is 12.0. The minimum atomic E-state index is 0.592. The van der Waals surface area contributed by atoms with E-state index < -0.39 is 0 Å². The molecule has 3 aromatic heterocycles. The van der Waals surface area contributed by atoms with Crippen molar-refractivity contribution in [3.8, 4) is 56.4 Å². The van der Waals surface area contributed by atoms with E-state index in [1.54, 1.807) is 0 Å². The molecular formula is C45H27N3O2. The zero-order chi connectivity index (χ0) is 33.0. The van der Waals surface area contributed by atoms with Gasteiger partial charge in [-0.25, -0.2) is 15.0 Å². The van der Waals surface area contributed by atoms with Gasteiger partial charge in [0.2, 0.25) is 0 Å². The summed E-state index contributed by atoms with van der Waals surface area (Å²) >= 11 is 0. The Hall–Kier alpha value is -6.85. The van der Waals surface area contributed by atoms with Crippen molar-refractivity contribution in [2.75, 3.05) is 0 Å². The number of rotatable bonds is 5. The molecule has 0 amide bonds. The molecule has 0 atom stereocenters. The van der Waals surface area contributed by atoms with Gasteiger partial charge in [0.05, 0.1) is 0 Å². The Morgan fingerprint density at radius 2 is 0.820 bits per heavy atom. The van der Waals surface area contributed by atoms with Crippen LogP contribution in [0.3, 0.4) is 0 Å². The third-order valence-corrected chi connectivity index (χ3v) is 9.36. The Morgan fingerprint density at radius 1 is 0.300 bits per heavy atom. The summed E-state index contributed by atoms with van der Waals surface area (Å²) in [6.45, 7) is 0. The molecule has 7 aromatic carbocycles. The number of benzene rings is 7. The van der Waals surface area contributed by atoms with Crippen LogP contribution in [0.5, 0.6) is 0 Å². The maximum Gasteiger partial charge on any atom is 0.164 e. The number of para-hydroxylation sites is 2. The van der Waals surface area contributed by atoms with Crippen LogP contribution >= 0.6 is 0 Å². The lowest BCUT2D eigenvalue weighted by molar-refractivity contribution is 0.668. The van der Waals surface area contributed by atoms with E-state index in [9.17, 15) is 0 Å². The van der Waals surface area contributed by atoms with Gasteiger partial charge in [0.25, 0.3) is 0 Å². The van der Waals surface area contributed by atoms with Gasteiger partial charge in [-0.2, -0.15) is 0 Å². The highest BCUT2D eigenvalue weighted by molar-refractivity contribution is 6.09. The highest BCUT2D eigenvalue weighted by atomic mass is 16.3. The smallest absolute Gasteiger partial charge is 0.164 e. The monoisotopic (exact) mass is 641 g/mol. The fraction of sp³-hybridized carbons (Fsp3) is 0. The molecule has 0 saturated heterocycles. The van der Waals surface area contributed by atoms with E-state index in [4.69, 9.17) is 23.8 Å². The first-order chi connectivity index (χ1) is 24.8. The second kappa shape index (κ2) is 11.4. The third-order valence-electron chi connectivity index (χ3n) is 9.36. The molecule has 0 aliphatic carbocycles. The summed E-state index contributed by atoms with van der Waals surface area (Å²) in [6.07, 6.45) is 0. The lowest BCUT2D eigenvalue weighted by atomic mass is 9.89. The van der Waals surface area contributed by atoms with Crippen LogP contribution in [0.4, 0.5) is 0 Å². The molecule has 0 saturated carbocycles. The average molecular weight is 642 g/mol. The van der Waals surface area contributed by atoms with Crippen molar-refractivity contribution < 1.29 is 8.83 Å². The zero-order valence-electron chi connectivity index (χ0n) is 26.7. The van der Waals surface area contributed by atoms with Crippen LogP contribution in [-0.2, 0) is 0 Å². The fourth-order valence-corrected chi connectivity index (χ4v) is 6.99. The summed E-state index contributed by atoms with van der Waals surface area (Å²) in [6, 6.07) is 55.7. The van der Waals surface area contributed by atoms with E-state index >= 15 is 0 Å². The summed E-state index contributed by atoms with van der Waals surface area (Å²) < 4.78 is 12.6. The number of hydrogen-bond donors (Lipinski definition) is 0. The summed E-state index contributed by atoms with van der Waals surface area (Å²) in [7, 11) is 0. The zero-order valence-corrected chi connectivity index (χ0v) is 26.7. The van der Waals surface area contributed by atoms with Crippen molar-refractivity contribution >= 4 is 43.9 Å². The summed E-state index contributed by atoms with van der Waals surface area (Å²) in [5, 5.41) is 4.33. The van der Waals surface area contributed by atoms with Crippen LogP contribution < -0.4 is 0 Å². The van der Waals surface area contributed by atoms with Gasteiger partial charge in [-0.15, -0.1) is 0 Å². The first-order valence-electron chi connectivity index (χ1n) is 16.6. The lowest BCUT2D eigenvalue weighted by Gasteiger charge is -2.16. The molecule has 3 heterocycles. The van der Waals surface area contributed by atoms with Gasteiger partial charge in [0.15, 0.2) is 17.5 Å². The van der Waals surface area contributed by atoms with E-state index in [0.29, 0.717) is 17.5 Å². The first-order valence-corrected chi connectivity index (χ1v) is 16.6. The van der Waals surface area contributed by atoms with Gasteiger partial charge in [-0.1, -0.05) is 127 Å². The average Bonchev–Trinajstić information content (AvgIpc) is 3.75. The highest BCUT2D eigenvalue weighted by Gasteiger charge is 2.21. The van der Waals surface area contributed by atoms with Crippen molar-refractivity contribution in [2.24, 2.45) is 0 Å². The minimum absolute atomic E-state index is 0.592. The molecule has 234 valence electrons. The molecule has 5 heteroatoms. The molecule has 0 aliphatic rings. The number of furan rings is 2. The SMILES string of the molecule is c1ccc(-c2nc(-c3ccccc3)nc(-c3cccc(-c4ccc5oc6ccccc6c5c4)c3-c3ccc4c(c3)oc3ccccc34)n2)cc1. The van der Waals surface area contributed by atoms with E-state index in [2.05, 4.69) is 66.7 Å². The Kier molecular flexibility index (Phi) is 6.42. The molecular weight excluding hydrogens is 615 g/mol. The Balaban J connectivity index is 1.26. The summed E-state index contributed by atoms with van der Waals surface area (Å²) in [5.74, 6) is 1.82. The van der Waals surface area contributed by atoms with E-state index in [-0.39, 0.29) is 0 Å². The predicted molar refractivity (Wildman–Crippen MR) is 202 cm³/mol. The summed E-state index contributed by atoms with van der Waals surface area (Å²) in [4.78, 5) is 15.2. The quantitative estimate of drug-likeness (QED) is 0.187. The molecule has 5 nitrogen and oxygen atoms in total. The van der Waals surface area contributed by atoms with Crippen LogP contribution in [-0.4, -0.2) is 15.0 Å². The maximum atomic E-state index is 6.40. The van der Waals surface area contributed by atoms with Crippen LogP contribution in [0.2, 0.25) is 0 Å². The molecule has 0 unspecified atom stereocenters. The van der Waals surface area contributed by atoms with E-state index in [1.807, 2.05) is 97.1 Å². The normalized spacial score (nSPS) is 11.6. The first kappa shape index (κ1) is 28.2. The molecule has 0 fully saturated rings. The van der Waals surface area contributed by atoms with Crippen molar-refractivity contribution in [2.45, 2.75) is 0 Å². The molecule has 0 N–H and O–H groups in total. The lowest BCUT2D eigenvalue weighted by Crippen LogP contribution is -2.01. The maximum absolute atomic E-state index is 6.40. The van der Waals surface area contributed by atoms with E-state index in [1.165, 1.54) is 0 Å². The molecule has 0 aliphatic heterocycles. The largest absolute Gasteiger partial charge is 0.456 e. The molecule has 0 spiro atoms. The van der Waals surface area contributed by atoms with Crippen LogP contribution in [0.15, 0.2) is 173 Å². The number of aromatic nitrogens is 3. The van der Waals surface area contributed by atoms with Crippen LogP contribution in [0.1, 0.15) is 0 Å². The van der Waals surface area contributed by atoms with Gasteiger partial charge < -0.3 is 8.83 Å². The summed E-state index contributed by atoms with van der Waals surface area (Å²) in [5.41, 5.74) is 10.3. The van der Waals surface area contributed by atoms with Crippen molar-refractivity contribution in [3.63, 3.8) is 0 Å². The van der Waals surface area contributed by atoms with Gasteiger partial charge in [0, 0.05) is 43.8 Å². The Labute approximate surface area is 287 Å². The second-order valence-electron chi connectivity index (χ2n) is 12.4. The minimum Gasteiger partial charge on any atom is -0.456 e. The van der Waals surface area contributed by atoms with Crippen LogP contribution in [0, 0.1) is 0 Å². The third kappa shape index (κ3) is 4.67. The highest BCUT2D eigenvalue weighted by Crippen LogP contribution is 2.43. The van der Waals surface area contributed by atoms with Gasteiger partial charge in [-0.3, -0.25) is 0 Å². The van der Waals surface area contributed by atoms with Crippen molar-refractivity contribution in [1.82, 2.24) is 15.0 Å². The Morgan fingerprint density at radius 3 is 1.52 bits per heavy atom. The number of nitrogens with zero attached hydrogens (tertiary/aromatic N) is 3. The van der Waals surface area contributed by atoms with Crippen LogP contribution in [0.25, 0.3) is 100 Å². The topological polar surface area (TPSA) is 65.0 Å². The van der Waals surface area contributed by atoms with Gasteiger partial charge in [-0.05, 0) is 53.1 Å². The Bertz CT molecular complexity index is 2810. The van der Waals surface area contributed by atoms with Gasteiger partial charge in [0.1, 0.15) is 22.3 Å². The fourth-order valence-electron chi connectivity index (χ4n) is 6.99.